The Morgan fingerprint density at radius 3 is 2.82 bits per heavy atom. The van der Waals surface area contributed by atoms with Gasteiger partial charge in [0.25, 0.3) is 0 Å². The SMILES string of the molecule is COc1ccc(C2=C[C@H](c3ccco3)n3nnnc3N2)cc1. The summed E-state index contributed by atoms with van der Waals surface area (Å²) in [5, 5.41) is 15.0. The Labute approximate surface area is 126 Å². The van der Waals surface area contributed by atoms with Crippen LogP contribution in [0.25, 0.3) is 5.70 Å². The number of furan rings is 1. The molecule has 22 heavy (non-hydrogen) atoms. The standard InChI is InChI=1S/C15H13N5O2/c1-21-11-6-4-10(5-7-11)12-9-13(14-3-2-8-22-14)20-15(16-12)17-18-19-20/h2-9,13H,1H3,(H,16,17,19)/t13-/m1/s1. The fraction of sp³-hybridized carbons (Fsp3) is 0.133. The average molecular weight is 295 g/mol. The van der Waals surface area contributed by atoms with Crippen molar-refractivity contribution in [2.45, 2.75) is 6.04 Å². The number of nitrogens with zero attached hydrogens (tertiary/aromatic N) is 4. The molecule has 0 aliphatic carbocycles. The van der Waals surface area contributed by atoms with Crippen molar-refractivity contribution >= 4 is 11.6 Å². The predicted octanol–water partition coefficient (Wildman–Crippen LogP) is 2.33. The Hall–Kier alpha value is -3.09. The molecule has 1 N–H and O–H groups in total. The molecule has 1 atom stereocenters. The number of allylic oxidation sites excluding steroid dienone is 1. The summed E-state index contributed by atoms with van der Waals surface area (Å²) in [5.41, 5.74) is 1.94. The van der Waals surface area contributed by atoms with Gasteiger partial charge in [-0.05, 0) is 58.5 Å². The molecule has 3 aromatic rings. The lowest BCUT2D eigenvalue weighted by atomic mass is 10.1. The van der Waals surface area contributed by atoms with Crippen LogP contribution >= 0.6 is 0 Å². The zero-order valence-corrected chi connectivity index (χ0v) is 11.8. The summed E-state index contributed by atoms with van der Waals surface area (Å²) < 4.78 is 12.4. The zero-order chi connectivity index (χ0) is 14.9. The zero-order valence-electron chi connectivity index (χ0n) is 11.8. The number of aromatic nitrogens is 4. The number of benzene rings is 1. The molecule has 7 heteroatoms. The molecule has 0 bridgehead atoms. The van der Waals surface area contributed by atoms with Crippen LogP contribution in [0.4, 0.5) is 5.95 Å². The second kappa shape index (κ2) is 5.03. The van der Waals surface area contributed by atoms with Crippen molar-refractivity contribution in [3.63, 3.8) is 0 Å². The summed E-state index contributed by atoms with van der Waals surface area (Å²) in [6.45, 7) is 0. The highest BCUT2D eigenvalue weighted by molar-refractivity contribution is 5.77. The van der Waals surface area contributed by atoms with Crippen LogP contribution in [0.2, 0.25) is 0 Å². The molecule has 110 valence electrons. The van der Waals surface area contributed by atoms with Crippen molar-refractivity contribution in [3.05, 3.63) is 60.1 Å². The lowest BCUT2D eigenvalue weighted by Gasteiger charge is -2.21. The molecule has 4 rings (SSSR count). The smallest absolute Gasteiger partial charge is 0.248 e. The molecule has 7 nitrogen and oxygen atoms in total. The van der Waals surface area contributed by atoms with Crippen LogP contribution in [-0.2, 0) is 0 Å². The lowest BCUT2D eigenvalue weighted by molar-refractivity contribution is 0.415. The van der Waals surface area contributed by atoms with Crippen LogP contribution in [0, 0.1) is 0 Å². The number of rotatable bonds is 3. The summed E-state index contributed by atoms with van der Waals surface area (Å²) in [6.07, 6.45) is 3.67. The number of ether oxygens (including phenoxy) is 1. The highest BCUT2D eigenvalue weighted by Gasteiger charge is 2.25. The molecule has 1 aromatic carbocycles. The second-order valence-electron chi connectivity index (χ2n) is 4.84. The molecule has 0 radical (unpaired) electrons. The van der Waals surface area contributed by atoms with Crippen LogP contribution in [0.1, 0.15) is 17.4 Å². The van der Waals surface area contributed by atoms with Crippen molar-refractivity contribution in [1.82, 2.24) is 20.2 Å². The van der Waals surface area contributed by atoms with Gasteiger partial charge in [-0.25, -0.2) is 0 Å². The summed E-state index contributed by atoms with van der Waals surface area (Å²) in [6, 6.07) is 11.4. The minimum atomic E-state index is -0.182. The first kappa shape index (κ1) is 12.6. The number of fused-ring (bicyclic) bond motifs is 1. The predicted molar refractivity (Wildman–Crippen MR) is 79.3 cm³/mol. The maximum atomic E-state index is 5.51. The highest BCUT2D eigenvalue weighted by atomic mass is 16.5. The van der Waals surface area contributed by atoms with E-state index in [1.165, 1.54) is 0 Å². The van der Waals surface area contributed by atoms with Crippen LogP contribution in [0.3, 0.4) is 0 Å². The van der Waals surface area contributed by atoms with Crippen LogP contribution in [0.15, 0.2) is 53.2 Å². The van der Waals surface area contributed by atoms with E-state index in [2.05, 4.69) is 20.8 Å². The van der Waals surface area contributed by atoms with E-state index in [1.54, 1.807) is 18.1 Å². The second-order valence-corrected chi connectivity index (χ2v) is 4.84. The molecule has 0 unspecified atom stereocenters. The minimum absolute atomic E-state index is 0.182. The monoisotopic (exact) mass is 295 g/mol. The third kappa shape index (κ3) is 2.03. The van der Waals surface area contributed by atoms with E-state index in [1.807, 2.05) is 42.5 Å². The fourth-order valence-corrected chi connectivity index (χ4v) is 2.46. The summed E-state index contributed by atoms with van der Waals surface area (Å²) in [5.74, 6) is 2.17. The molecular weight excluding hydrogens is 282 g/mol. The van der Waals surface area contributed by atoms with E-state index in [9.17, 15) is 0 Å². The first-order valence-electron chi connectivity index (χ1n) is 6.80. The Morgan fingerprint density at radius 1 is 1.23 bits per heavy atom. The van der Waals surface area contributed by atoms with Crippen LogP contribution in [-0.4, -0.2) is 27.3 Å². The quantitative estimate of drug-likeness (QED) is 0.799. The van der Waals surface area contributed by atoms with E-state index in [-0.39, 0.29) is 6.04 Å². The molecule has 0 saturated carbocycles. The molecule has 1 aliphatic rings. The average Bonchev–Trinajstić information content (AvgIpc) is 3.25. The van der Waals surface area contributed by atoms with Crippen LogP contribution < -0.4 is 10.1 Å². The van der Waals surface area contributed by atoms with E-state index in [4.69, 9.17) is 9.15 Å². The summed E-state index contributed by atoms with van der Waals surface area (Å²) in [7, 11) is 1.65. The Bertz CT molecular complexity index is 805. The highest BCUT2D eigenvalue weighted by Crippen LogP contribution is 2.32. The maximum Gasteiger partial charge on any atom is 0.248 e. The Balaban J connectivity index is 1.76. The van der Waals surface area contributed by atoms with Crippen molar-refractivity contribution in [1.29, 1.82) is 0 Å². The van der Waals surface area contributed by atoms with E-state index in [0.717, 1.165) is 22.8 Å². The summed E-state index contributed by atoms with van der Waals surface area (Å²) >= 11 is 0. The van der Waals surface area contributed by atoms with Gasteiger partial charge in [-0.15, -0.1) is 0 Å². The molecule has 3 heterocycles. The van der Waals surface area contributed by atoms with Crippen molar-refractivity contribution in [2.24, 2.45) is 0 Å². The van der Waals surface area contributed by atoms with Gasteiger partial charge in [0.2, 0.25) is 5.95 Å². The molecule has 0 spiro atoms. The third-order valence-corrected chi connectivity index (χ3v) is 3.56. The molecule has 0 fully saturated rings. The molecule has 2 aromatic heterocycles. The first-order valence-corrected chi connectivity index (χ1v) is 6.80. The number of nitrogens with one attached hydrogen (secondary N) is 1. The topological polar surface area (TPSA) is 78.0 Å². The molecule has 1 aliphatic heterocycles. The normalized spacial score (nSPS) is 16.6. The molecule has 0 saturated heterocycles. The summed E-state index contributed by atoms with van der Waals surface area (Å²) in [4.78, 5) is 0. The van der Waals surface area contributed by atoms with Gasteiger partial charge in [0.1, 0.15) is 17.6 Å². The first-order chi connectivity index (χ1) is 10.8. The van der Waals surface area contributed by atoms with Gasteiger partial charge >= 0.3 is 0 Å². The van der Waals surface area contributed by atoms with Crippen LogP contribution in [0.5, 0.6) is 5.75 Å². The molecular formula is C15H13N5O2. The Kier molecular flexibility index (Phi) is 2.89. The van der Waals surface area contributed by atoms with Crippen molar-refractivity contribution < 1.29 is 9.15 Å². The van der Waals surface area contributed by atoms with Crippen molar-refractivity contribution in [2.75, 3.05) is 12.4 Å². The van der Waals surface area contributed by atoms with Crippen molar-refractivity contribution in [3.8, 4) is 5.75 Å². The van der Waals surface area contributed by atoms with E-state index >= 15 is 0 Å². The lowest BCUT2D eigenvalue weighted by Crippen LogP contribution is -2.19. The number of methoxy groups -OCH3 is 1. The fourth-order valence-electron chi connectivity index (χ4n) is 2.46. The minimum Gasteiger partial charge on any atom is -0.497 e. The number of anilines is 1. The van der Waals surface area contributed by atoms with Gasteiger partial charge in [0.05, 0.1) is 13.4 Å². The van der Waals surface area contributed by atoms with Gasteiger partial charge in [-0.3, -0.25) is 0 Å². The number of tetrazole rings is 1. The largest absolute Gasteiger partial charge is 0.497 e. The Morgan fingerprint density at radius 2 is 2.09 bits per heavy atom. The van der Waals surface area contributed by atoms with Gasteiger partial charge in [0, 0.05) is 5.70 Å². The number of hydrogen-bond donors (Lipinski definition) is 1. The van der Waals surface area contributed by atoms with E-state index in [0.29, 0.717) is 5.95 Å². The van der Waals surface area contributed by atoms with Gasteiger partial charge in [-0.1, -0.05) is 5.10 Å². The number of hydrogen-bond acceptors (Lipinski definition) is 6. The van der Waals surface area contributed by atoms with Gasteiger partial charge in [-0.2, -0.15) is 4.68 Å². The maximum absolute atomic E-state index is 5.51. The molecule has 0 amide bonds. The van der Waals surface area contributed by atoms with E-state index < -0.39 is 0 Å². The third-order valence-electron chi connectivity index (χ3n) is 3.56. The van der Waals surface area contributed by atoms with Gasteiger partial charge < -0.3 is 14.5 Å². The van der Waals surface area contributed by atoms with Gasteiger partial charge in [0.15, 0.2) is 0 Å².